The highest BCUT2D eigenvalue weighted by molar-refractivity contribution is 8.93. The van der Waals surface area contributed by atoms with Gasteiger partial charge in [-0.3, -0.25) is 4.79 Å². The van der Waals surface area contributed by atoms with Gasteiger partial charge in [0.05, 0.1) is 35.4 Å². The second-order valence-corrected chi connectivity index (χ2v) is 12.1. The van der Waals surface area contributed by atoms with Gasteiger partial charge in [0.25, 0.3) is 6.33 Å². The van der Waals surface area contributed by atoms with Crippen LogP contribution in [0.4, 0.5) is 8.78 Å². The molecule has 9 nitrogen and oxygen atoms in total. The molecule has 3 aromatic carbocycles. The van der Waals surface area contributed by atoms with Crippen LogP contribution >= 0.6 is 28.3 Å². The predicted octanol–water partition coefficient (Wildman–Crippen LogP) is 2.51. The van der Waals surface area contributed by atoms with E-state index in [1.54, 1.807) is 55.5 Å². The number of likely N-dealkylation sites (N-methyl/N-ethyl adjacent to an activating group) is 1. The van der Waals surface area contributed by atoms with Crippen LogP contribution in [0.5, 0.6) is 5.75 Å². The molecule has 5 rings (SSSR count). The lowest BCUT2D eigenvalue weighted by Gasteiger charge is -2.32. The molecule has 0 aliphatic carbocycles. The number of ether oxygens (including phenoxy) is 1. The van der Waals surface area contributed by atoms with Crippen molar-refractivity contribution in [2.45, 2.75) is 45.4 Å². The molecular weight excluding hydrogens is 770 g/mol. The zero-order valence-electron chi connectivity index (χ0n) is 26.6. The molecule has 0 spiro atoms. The van der Waals surface area contributed by atoms with Crippen molar-refractivity contribution in [3.63, 3.8) is 0 Å². The Morgan fingerprint density at radius 2 is 1.85 bits per heavy atom. The quantitative estimate of drug-likeness (QED) is 0.120. The highest BCUT2D eigenvalue weighted by atomic mass is 79.9. The molecule has 0 bridgehead atoms. The van der Waals surface area contributed by atoms with E-state index < -0.39 is 23.2 Å². The number of aryl methyl sites for hydroxylation is 2. The lowest BCUT2D eigenvalue weighted by molar-refractivity contribution is -0.689. The van der Waals surface area contributed by atoms with Crippen LogP contribution in [0.25, 0.3) is 11.3 Å². The number of nitriles is 1. The van der Waals surface area contributed by atoms with Crippen LogP contribution < -0.4 is 31.6 Å². The molecule has 14 heteroatoms. The number of nitrogens with zero attached hydrogens (tertiary/aromatic N) is 5. The Hall–Kier alpha value is -3.87. The first-order chi connectivity index (χ1) is 22.0. The minimum absolute atomic E-state index is 0. The van der Waals surface area contributed by atoms with Gasteiger partial charge in [-0.2, -0.15) is 5.26 Å². The maximum atomic E-state index is 15.3. The van der Waals surface area contributed by atoms with Gasteiger partial charge in [0.2, 0.25) is 6.33 Å². The fourth-order valence-electron chi connectivity index (χ4n) is 5.39. The Bertz CT molecular complexity index is 1910. The van der Waals surface area contributed by atoms with Crippen LogP contribution in [0.2, 0.25) is 0 Å². The number of benzene rings is 3. The van der Waals surface area contributed by atoms with Gasteiger partial charge in [0, 0.05) is 27.5 Å². The number of halogens is 4. The van der Waals surface area contributed by atoms with Crippen LogP contribution in [0.1, 0.15) is 45.7 Å². The van der Waals surface area contributed by atoms with E-state index in [1.807, 2.05) is 31.4 Å². The Kier molecular flexibility index (Phi) is 13.3. The Labute approximate surface area is 302 Å². The third-order valence-corrected chi connectivity index (χ3v) is 8.80. The molecule has 0 unspecified atom stereocenters. The second-order valence-electron chi connectivity index (χ2n) is 11.2. The molecule has 0 radical (unpaired) electrons. The first-order valence-corrected chi connectivity index (χ1v) is 15.4. The summed E-state index contributed by atoms with van der Waals surface area (Å²) in [6.45, 7) is 5.79. The predicted molar refractivity (Wildman–Crippen MR) is 178 cm³/mol. The molecule has 2 atom stereocenters. The lowest BCUT2D eigenvalue weighted by Crippen LogP contribution is -3.00. The third-order valence-electron chi connectivity index (χ3n) is 7.77. The largest absolute Gasteiger partial charge is 1.00 e. The van der Waals surface area contributed by atoms with E-state index in [2.05, 4.69) is 16.5 Å². The van der Waals surface area contributed by atoms with Crippen molar-refractivity contribution in [2.75, 3.05) is 13.6 Å². The molecule has 0 fully saturated rings. The molecule has 48 heavy (non-hydrogen) atoms. The molecular formula is C34H34Br2F2N6O3S. The monoisotopic (exact) mass is 802 g/mol. The first kappa shape index (κ1) is 38.6. The van der Waals surface area contributed by atoms with Gasteiger partial charge in [0.15, 0.2) is 0 Å². The number of aliphatic hydroxyl groups is 1. The SMILES string of the molecule is Br.CNCC(=O)Oc1c(C)cc(C[n+]2cnn(C[C@](O)(c3cc(F)ccc3F)[C@@H](C)c3nc(-c4ccc(C#N)cc4)cs3)c2)cc1C.[Br-]. The zero-order chi connectivity index (χ0) is 33.0. The normalized spacial score (nSPS) is 12.6. The molecule has 2 heterocycles. The minimum Gasteiger partial charge on any atom is -1.00 e. The van der Waals surface area contributed by atoms with Crippen molar-refractivity contribution in [1.82, 2.24) is 20.1 Å². The number of carbonyl (C=O) groups excluding carboxylic acids is 1. The third kappa shape index (κ3) is 8.58. The molecule has 5 aromatic rings. The summed E-state index contributed by atoms with van der Waals surface area (Å²) in [5, 5.41) is 30.9. The van der Waals surface area contributed by atoms with Gasteiger partial charge in [-0.05, 0) is 80.1 Å². The number of nitrogens with one attached hydrogen (secondary N) is 1. The van der Waals surface area contributed by atoms with E-state index in [4.69, 9.17) is 15.0 Å². The molecule has 0 amide bonds. The summed E-state index contributed by atoms with van der Waals surface area (Å²) in [6, 6.07) is 15.9. The maximum absolute atomic E-state index is 15.3. The number of carbonyl (C=O) groups is 1. The van der Waals surface area contributed by atoms with Crippen LogP contribution in [0.3, 0.4) is 0 Å². The number of hydrogen-bond donors (Lipinski definition) is 2. The van der Waals surface area contributed by atoms with Gasteiger partial charge >= 0.3 is 5.97 Å². The summed E-state index contributed by atoms with van der Waals surface area (Å²) in [5.41, 5.74) is 2.37. The maximum Gasteiger partial charge on any atom is 0.325 e. The molecule has 0 aliphatic rings. The summed E-state index contributed by atoms with van der Waals surface area (Å²) in [7, 11) is 1.67. The number of thiazole rings is 1. The van der Waals surface area contributed by atoms with E-state index in [9.17, 15) is 14.3 Å². The van der Waals surface area contributed by atoms with Crippen molar-refractivity contribution < 1.29 is 45.0 Å². The van der Waals surface area contributed by atoms with Gasteiger partial charge in [0.1, 0.15) is 29.5 Å². The molecule has 252 valence electrons. The number of esters is 1. The van der Waals surface area contributed by atoms with E-state index >= 15 is 4.39 Å². The standard InChI is InChI=1S/C34H33F2N6O3S.2BrH/c1-21-11-25(12-22(2)32(21)45-31(43)15-38-4)16-41-19-39-42(20-41)18-34(44,28-13-27(35)9-10-29(28)36)23(3)33-40-30(17-46-33)26-7-5-24(14-37)6-8-26;;/h5-13,17,19-20,23,38,44H,15-16,18H2,1-4H3;2*1H/q+1;;/p-1/t23-,34+;;/m0../s1. The Morgan fingerprint density at radius 1 is 1.17 bits per heavy atom. The summed E-state index contributed by atoms with van der Waals surface area (Å²) >= 11 is 1.30. The molecule has 2 N–H and O–H groups in total. The number of hydrogen-bond acceptors (Lipinski definition) is 8. The van der Waals surface area contributed by atoms with E-state index in [0.717, 1.165) is 40.5 Å². The smallest absolute Gasteiger partial charge is 0.325 e. The molecule has 0 saturated carbocycles. The van der Waals surface area contributed by atoms with Gasteiger partial charge in [-0.25, -0.2) is 18.3 Å². The lowest BCUT2D eigenvalue weighted by atomic mass is 9.82. The average molecular weight is 805 g/mol. The molecule has 0 aliphatic heterocycles. The van der Waals surface area contributed by atoms with Gasteiger partial charge < -0.3 is 32.1 Å². The molecule has 0 saturated heterocycles. The van der Waals surface area contributed by atoms with Gasteiger partial charge in [-0.1, -0.05) is 19.1 Å². The van der Waals surface area contributed by atoms with E-state index in [1.165, 1.54) is 16.0 Å². The minimum atomic E-state index is -1.93. The number of aromatic nitrogens is 4. The van der Waals surface area contributed by atoms with Crippen molar-refractivity contribution in [1.29, 1.82) is 5.26 Å². The fourth-order valence-corrected chi connectivity index (χ4v) is 6.37. The Balaban J connectivity index is 0.00000312. The highest BCUT2D eigenvalue weighted by Crippen LogP contribution is 2.41. The van der Waals surface area contributed by atoms with Crippen LogP contribution in [-0.2, 0) is 23.5 Å². The summed E-state index contributed by atoms with van der Waals surface area (Å²) < 4.78 is 38.5. The van der Waals surface area contributed by atoms with Crippen LogP contribution in [0.15, 0.2) is 72.6 Å². The molecule has 2 aromatic heterocycles. The van der Waals surface area contributed by atoms with E-state index in [-0.39, 0.29) is 58.6 Å². The van der Waals surface area contributed by atoms with E-state index in [0.29, 0.717) is 28.6 Å². The van der Waals surface area contributed by atoms with Crippen molar-refractivity contribution >= 4 is 34.3 Å². The van der Waals surface area contributed by atoms with Crippen LogP contribution in [0, 0.1) is 36.8 Å². The topological polar surface area (TPSA) is 117 Å². The number of rotatable bonds is 11. The van der Waals surface area contributed by atoms with Crippen molar-refractivity contribution in [2.24, 2.45) is 0 Å². The summed E-state index contributed by atoms with van der Waals surface area (Å²) in [6.07, 6.45) is 3.27. The fraction of sp³-hybridized carbons (Fsp3) is 0.265. The highest BCUT2D eigenvalue weighted by Gasteiger charge is 2.43. The summed E-state index contributed by atoms with van der Waals surface area (Å²) in [4.78, 5) is 16.7. The van der Waals surface area contributed by atoms with Gasteiger partial charge in [-0.15, -0.1) is 33.0 Å². The first-order valence-electron chi connectivity index (χ1n) is 14.5. The van der Waals surface area contributed by atoms with Crippen molar-refractivity contribution in [3.05, 3.63) is 117 Å². The second kappa shape index (κ2) is 16.5. The zero-order valence-corrected chi connectivity index (χ0v) is 30.7. The van der Waals surface area contributed by atoms with Crippen molar-refractivity contribution in [3.8, 4) is 23.1 Å². The Morgan fingerprint density at radius 3 is 2.50 bits per heavy atom. The average Bonchev–Trinajstić information content (AvgIpc) is 3.70. The van der Waals surface area contributed by atoms with Crippen LogP contribution in [-0.4, -0.2) is 39.4 Å². The summed E-state index contributed by atoms with van der Waals surface area (Å²) in [5.74, 6) is -2.05.